The normalized spacial score (nSPS) is 11.3. The monoisotopic (exact) mass is 281 g/mol. The molecule has 0 bridgehead atoms. The van der Waals surface area contributed by atoms with Crippen LogP contribution in [0.5, 0.6) is 0 Å². The van der Waals surface area contributed by atoms with Crippen LogP contribution in [0.2, 0.25) is 0 Å². The molecule has 0 fully saturated rings. The van der Waals surface area contributed by atoms with Gasteiger partial charge in [-0.05, 0) is 48.2 Å². The molecule has 0 radical (unpaired) electrons. The van der Waals surface area contributed by atoms with E-state index in [-0.39, 0.29) is 0 Å². The maximum absolute atomic E-state index is 4.42. The lowest BCUT2D eigenvalue weighted by molar-refractivity contribution is 0.647. The van der Waals surface area contributed by atoms with E-state index < -0.39 is 0 Å². The van der Waals surface area contributed by atoms with Gasteiger partial charge in [0.2, 0.25) is 0 Å². The van der Waals surface area contributed by atoms with Crippen molar-refractivity contribution in [2.45, 2.75) is 20.3 Å². The Balaban J connectivity index is 2.17. The summed E-state index contributed by atoms with van der Waals surface area (Å²) in [6.07, 6.45) is 1.02. The first-order chi connectivity index (χ1) is 10.1. The van der Waals surface area contributed by atoms with Gasteiger partial charge < -0.3 is 4.90 Å². The van der Waals surface area contributed by atoms with Crippen molar-refractivity contribution in [3.63, 3.8) is 0 Å². The van der Waals surface area contributed by atoms with Crippen molar-refractivity contribution < 1.29 is 0 Å². The molecule has 0 heterocycles. The third-order valence-corrected chi connectivity index (χ3v) is 3.26. The van der Waals surface area contributed by atoms with Gasteiger partial charge in [0, 0.05) is 19.8 Å². The Morgan fingerprint density at radius 2 is 1.57 bits per heavy atom. The Morgan fingerprint density at radius 3 is 2.19 bits per heavy atom. The van der Waals surface area contributed by atoms with Crippen molar-refractivity contribution in [2.75, 3.05) is 19.0 Å². The highest BCUT2D eigenvalue weighted by Crippen LogP contribution is 2.25. The van der Waals surface area contributed by atoms with Gasteiger partial charge in [-0.2, -0.15) is 10.2 Å². The van der Waals surface area contributed by atoms with Gasteiger partial charge in [0.25, 0.3) is 0 Å². The number of anilines is 1. The summed E-state index contributed by atoms with van der Waals surface area (Å²) in [5.74, 6) is 0.612. The Hall–Kier alpha value is -2.16. The third kappa shape index (κ3) is 4.42. The number of azo groups is 1. The van der Waals surface area contributed by atoms with Crippen LogP contribution in [0.25, 0.3) is 0 Å². The Morgan fingerprint density at radius 1 is 0.905 bits per heavy atom. The molecule has 110 valence electrons. The number of rotatable bonds is 5. The van der Waals surface area contributed by atoms with Gasteiger partial charge in [-0.15, -0.1) is 0 Å². The summed E-state index contributed by atoms with van der Waals surface area (Å²) in [6, 6.07) is 16.3. The largest absolute Gasteiger partial charge is 0.378 e. The molecule has 0 atom stereocenters. The molecule has 2 rings (SSSR count). The van der Waals surface area contributed by atoms with Crippen molar-refractivity contribution in [3.8, 4) is 0 Å². The number of hydrogen-bond donors (Lipinski definition) is 0. The van der Waals surface area contributed by atoms with Gasteiger partial charge in [-0.3, -0.25) is 0 Å². The van der Waals surface area contributed by atoms with Crippen LogP contribution in [0.15, 0.2) is 58.8 Å². The summed E-state index contributed by atoms with van der Waals surface area (Å²) in [5, 5.41) is 8.77. The standard InChI is InChI=1S/C18H23N3/c1-14(2)13-15-7-5-6-8-18(15)20-19-16-9-11-17(12-10-16)21(3)4/h5-12,14H,13H2,1-4H3. The van der Waals surface area contributed by atoms with Crippen molar-refractivity contribution in [3.05, 3.63) is 54.1 Å². The summed E-state index contributed by atoms with van der Waals surface area (Å²) in [6.45, 7) is 4.43. The van der Waals surface area contributed by atoms with Gasteiger partial charge in [0.1, 0.15) is 0 Å². The van der Waals surface area contributed by atoms with Crippen LogP contribution in [0.4, 0.5) is 17.1 Å². The summed E-state index contributed by atoms with van der Waals surface area (Å²) < 4.78 is 0. The topological polar surface area (TPSA) is 28.0 Å². The molecule has 2 aromatic carbocycles. The zero-order chi connectivity index (χ0) is 15.2. The van der Waals surface area contributed by atoms with Crippen molar-refractivity contribution >= 4 is 17.1 Å². The lowest BCUT2D eigenvalue weighted by Crippen LogP contribution is -2.07. The summed E-state index contributed by atoms with van der Waals surface area (Å²) in [5.41, 5.74) is 4.25. The van der Waals surface area contributed by atoms with Crippen LogP contribution in [-0.2, 0) is 6.42 Å². The van der Waals surface area contributed by atoms with Crippen LogP contribution in [0.1, 0.15) is 19.4 Å². The molecule has 0 saturated heterocycles. The fraction of sp³-hybridized carbons (Fsp3) is 0.333. The van der Waals surface area contributed by atoms with Crippen molar-refractivity contribution in [2.24, 2.45) is 16.1 Å². The maximum atomic E-state index is 4.42. The van der Waals surface area contributed by atoms with E-state index in [0.717, 1.165) is 23.5 Å². The lowest BCUT2D eigenvalue weighted by atomic mass is 10.0. The van der Waals surface area contributed by atoms with E-state index in [1.54, 1.807) is 0 Å². The third-order valence-electron chi connectivity index (χ3n) is 3.26. The maximum Gasteiger partial charge on any atom is 0.0889 e. The molecular formula is C18H23N3. The van der Waals surface area contributed by atoms with Crippen molar-refractivity contribution in [1.82, 2.24) is 0 Å². The van der Waals surface area contributed by atoms with E-state index in [1.807, 2.05) is 50.5 Å². The van der Waals surface area contributed by atoms with Crippen LogP contribution < -0.4 is 4.90 Å². The first-order valence-electron chi connectivity index (χ1n) is 7.33. The van der Waals surface area contributed by atoms with E-state index in [2.05, 4.69) is 41.1 Å². The highest BCUT2D eigenvalue weighted by atomic mass is 15.1. The SMILES string of the molecule is CC(C)Cc1ccccc1N=Nc1ccc(N(C)C)cc1. The predicted molar refractivity (Wildman–Crippen MR) is 89.9 cm³/mol. The Bertz CT molecular complexity index is 598. The summed E-state index contributed by atoms with van der Waals surface area (Å²) >= 11 is 0. The minimum atomic E-state index is 0.612. The van der Waals surface area contributed by atoms with E-state index in [0.29, 0.717) is 5.92 Å². The fourth-order valence-corrected chi connectivity index (χ4v) is 2.15. The first-order valence-corrected chi connectivity index (χ1v) is 7.33. The molecule has 0 aliphatic heterocycles. The molecule has 0 unspecified atom stereocenters. The van der Waals surface area contributed by atoms with Crippen LogP contribution in [-0.4, -0.2) is 14.1 Å². The van der Waals surface area contributed by atoms with Crippen LogP contribution in [0, 0.1) is 5.92 Å². The van der Waals surface area contributed by atoms with Crippen molar-refractivity contribution in [1.29, 1.82) is 0 Å². The molecule has 0 aliphatic carbocycles. The number of nitrogens with zero attached hydrogens (tertiary/aromatic N) is 3. The van der Waals surface area contributed by atoms with E-state index in [1.165, 1.54) is 5.56 Å². The molecule has 21 heavy (non-hydrogen) atoms. The van der Waals surface area contributed by atoms with Gasteiger partial charge >= 0.3 is 0 Å². The minimum Gasteiger partial charge on any atom is -0.378 e. The minimum absolute atomic E-state index is 0.612. The number of hydrogen-bond acceptors (Lipinski definition) is 3. The highest BCUT2D eigenvalue weighted by molar-refractivity contribution is 5.52. The zero-order valence-corrected chi connectivity index (χ0v) is 13.2. The predicted octanol–water partition coefficient (Wildman–Crippen LogP) is 5.37. The summed E-state index contributed by atoms with van der Waals surface area (Å²) in [4.78, 5) is 2.07. The molecule has 3 nitrogen and oxygen atoms in total. The molecule has 0 aromatic heterocycles. The molecule has 0 amide bonds. The molecule has 0 spiro atoms. The smallest absolute Gasteiger partial charge is 0.0889 e. The van der Waals surface area contributed by atoms with E-state index in [9.17, 15) is 0 Å². The second-order valence-electron chi connectivity index (χ2n) is 5.84. The van der Waals surface area contributed by atoms with E-state index >= 15 is 0 Å². The molecule has 0 saturated carbocycles. The second-order valence-corrected chi connectivity index (χ2v) is 5.84. The van der Waals surface area contributed by atoms with Gasteiger partial charge in [0.15, 0.2) is 0 Å². The zero-order valence-electron chi connectivity index (χ0n) is 13.2. The second kappa shape index (κ2) is 7.02. The fourth-order valence-electron chi connectivity index (χ4n) is 2.15. The van der Waals surface area contributed by atoms with Gasteiger partial charge in [-0.1, -0.05) is 32.0 Å². The van der Waals surface area contributed by atoms with E-state index in [4.69, 9.17) is 0 Å². The van der Waals surface area contributed by atoms with Gasteiger partial charge in [-0.25, -0.2) is 0 Å². The molecular weight excluding hydrogens is 258 g/mol. The molecule has 3 heteroatoms. The summed E-state index contributed by atoms with van der Waals surface area (Å²) in [7, 11) is 4.05. The highest BCUT2D eigenvalue weighted by Gasteiger charge is 2.03. The molecule has 2 aromatic rings. The average molecular weight is 281 g/mol. The Labute approximate surface area is 127 Å². The first kappa shape index (κ1) is 15.2. The van der Waals surface area contributed by atoms with Crippen LogP contribution in [0.3, 0.4) is 0 Å². The van der Waals surface area contributed by atoms with Crippen LogP contribution >= 0.6 is 0 Å². The lowest BCUT2D eigenvalue weighted by Gasteiger charge is -2.11. The average Bonchev–Trinajstić information content (AvgIpc) is 2.46. The Kier molecular flexibility index (Phi) is 5.09. The quantitative estimate of drug-likeness (QED) is 0.677. The molecule has 0 N–H and O–H groups in total. The molecule has 0 aliphatic rings. The van der Waals surface area contributed by atoms with Gasteiger partial charge in [0.05, 0.1) is 11.4 Å². The number of benzene rings is 2.